The molecule has 2 saturated heterocycles. The van der Waals surface area contributed by atoms with Crippen LogP contribution in [0.1, 0.15) is 248 Å². The Morgan fingerprint density at radius 1 is 0.444 bits per heavy atom. The molecule has 12 rings (SSSR count). The highest BCUT2D eigenvalue weighted by Crippen LogP contribution is 2.48. The largest absolute Gasteiger partial charge is 0.478 e. The van der Waals surface area contributed by atoms with E-state index in [0.717, 1.165) is 109 Å². The Kier molecular flexibility index (Phi) is 37.6. The number of likely N-dealkylation sites (tertiary alicyclic amines) is 2. The Bertz CT molecular complexity index is 4790. The summed E-state index contributed by atoms with van der Waals surface area (Å²) in [5.41, 5.74) is 10.2. The summed E-state index contributed by atoms with van der Waals surface area (Å²) < 4.78 is 26.1. The lowest BCUT2D eigenvalue weighted by atomic mass is 9.91. The van der Waals surface area contributed by atoms with E-state index in [9.17, 15) is 34.2 Å². The van der Waals surface area contributed by atoms with Gasteiger partial charge in [0.05, 0.1) is 36.0 Å². The van der Waals surface area contributed by atoms with Gasteiger partial charge in [0.2, 0.25) is 0 Å². The van der Waals surface area contributed by atoms with E-state index >= 15 is 0 Å². The third-order valence-corrected chi connectivity index (χ3v) is 33.7. The highest BCUT2D eigenvalue weighted by atomic mass is 28.4. The van der Waals surface area contributed by atoms with Gasteiger partial charge in [-0.2, -0.15) is 0 Å². The number of aliphatic hydroxyl groups is 1. The van der Waals surface area contributed by atoms with Crippen molar-refractivity contribution in [3.8, 4) is 0 Å². The van der Waals surface area contributed by atoms with Crippen LogP contribution in [0, 0.1) is 11.8 Å². The first-order valence-corrected chi connectivity index (χ1v) is 50.7. The second-order valence-electron chi connectivity index (χ2n) is 38.6. The second kappa shape index (κ2) is 46.7. The summed E-state index contributed by atoms with van der Waals surface area (Å²) in [5.74, 6) is 0.000306. The number of aliphatic hydroxyl groups excluding tert-OH is 1. The van der Waals surface area contributed by atoms with E-state index in [2.05, 4.69) is 137 Å². The van der Waals surface area contributed by atoms with Gasteiger partial charge in [-0.05, 0) is 279 Å². The molecule has 9 aromatic rings. The molecule has 5 heterocycles. The molecule has 3 aromatic heterocycles. The molecule has 3 N–H and O–H groups in total. The highest BCUT2D eigenvalue weighted by Gasteiger charge is 2.50. The molecule has 3 radical (unpaired) electrons. The lowest BCUT2D eigenvalue weighted by Crippen LogP contribution is -2.50. The minimum Gasteiger partial charge on any atom is -0.478 e. The van der Waals surface area contributed by atoms with Crippen molar-refractivity contribution in [3.05, 3.63) is 304 Å². The van der Waals surface area contributed by atoms with Crippen LogP contribution in [0.4, 0.5) is 9.59 Å². The number of carboxylic acid groups (broad SMARTS) is 1. The van der Waals surface area contributed by atoms with Crippen molar-refractivity contribution in [2.24, 2.45) is 11.8 Å². The molecule has 22 heteroatoms. The molecule has 673 valence electrons. The number of hydrogen-bond acceptors (Lipinski definition) is 14. The lowest BCUT2D eigenvalue weighted by Gasteiger charge is -2.43. The predicted octanol–water partition coefficient (Wildman–Crippen LogP) is 22.5. The van der Waals surface area contributed by atoms with E-state index in [1.807, 2.05) is 233 Å². The number of pyridine rings is 3. The first-order valence-electron chi connectivity index (χ1n) is 44.9. The van der Waals surface area contributed by atoms with Gasteiger partial charge in [0.1, 0.15) is 11.2 Å². The monoisotopic (exact) mass is 1740 g/mol. The number of carbonyl (C=O) groups is 5. The summed E-state index contributed by atoms with van der Waals surface area (Å²) in [6.07, 6.45) is 18.0. The van der Waals surface area contributed by atoms with Crippen LogP contribution in [0.25, 0.3) is 0 Å². The van der Waals surface area contributed by atoms with Crippen LogP contribution in [0.5, 0.6) is 0 Å². The average Bonchev–Trinajstić information content (AvgIpc) is 1.60. The Hall–Kier alpha value is -9.94. The van der Waals surface area contributed by atoms with E-state index in [1.165, 1.54) is 11.1 Å². The maximum atomic E-state index is 14.0. The Balaban J connectivity index is 0.000000223. The molecule has 0 spiro atoms. The van der Waals surface area contributed by atoms with Crippen molar-refractivity contribution in [3.63, 3.8) is 0 Å². The van der Waals surface area contributed by atoms with Crippen LogP contribution in [-0.2, 0) is 57.2 Å². The number of carbonyl (C=O) groups excluding carboxylic acids is 4. The van der Waals surface area contributed by atoms with Gasteiger partial charge in [0.15, 0.2) is 16.6 Å². The van der Waals surface area contributed by atoms with E-state index < -0.39 is 33.8 Å². The summed E-state index contributed by atoms with van der Waals surface area (Å²) in [6, 6.07) is 64.7. The second-order valence-corrected chi connectivity index (χ2v) is 48.1. The Labute approximate surface area is 756 Å². The van der Waals surface area contributed by atoms with Crippen molar-refractivity contribution in [1.82, 2.24) is 39.9 Å². The standard InChI is InChI=1S/C38H53N3O4Si.C30H43NO5Si.C28H32N2O2.C8H12N2.B/c1-10-40(27-29-15-14-24-39-26-29)35(42)31-20-18-28(19-21-31)25-32-22-23-33(41(32)36(43)44-37(2,3)4)34(30-16-12-11-13-17-30)45-46(8,9)38(5,6)7;1-29(2,3)35-28(34)31-24(20-21-14-16-23(17-15-21)27(32)33)18-19-25(31)26(22-12-10-9-11-13-22)36-37(7,8)30(4,5)6;1-2-30(20-23-7-6-16-29-19-23)28(32)25-13-10-21(11-14-25)17-22-12-15-26(18-22)27(31)24-8-4-3-5-9-24;1-2-9-6-8-4-3-5-10-7-8;/h11-21,24,26,32-34H,10,22-23,25,27H2,1-9H3;9-17,24-26H,18-20H2,1-8H3,(H,32,33);3-11,13-14,16,19,22,26-27,31H,2,12,15,17-18,20H2,1H3;3-5,7,9H,2,6H2,1H3;/t32-,33+,34+;24-,25+,26+;22-,26-,27+;;/m000../s1. The fourth-order valence-corrected chi connectivity index (χ4v) is 18.5. The van der Waals surface area contributed by atoms with E-state index in [0.29, 0.717) is 56.4 Å². The normalized spacial score (nSPS) is 17.8. The molecule has 19 nitrogen and oxygen atoms in total. The molecule has 0 bridgehead atoms. The molecule has 1 saturated carbocycles. The van der Waals surface area contributed by atoms with Gasteiger partial charge in [0, 0.05) is 102 Å². The topological polar surface area (TPSA) is 226 Å². The molecule has 6 aromatic carbocycles. The Morgan fingerprint density at radius 2 is 0.802 bits per heavy atom. The summed E-state index contributed by atoms with van der Waals surface area (Å²) in [4.78, 5) is 85.2. The zero-order valence-electron chi connectivity index (χ0n) is 78.3. The molecular weight excluding hydrogens is 1600 g/mol. The molecule has 3 aliphatic rings. The quantitative estimate of drug-likeness (QED) is 0.0388. The van der Waals surface area contributed by atoms with Crippen LogP contribution < -0.4 is 5.32 Å². The summed E-state index contributed by atoms with van der Waals surface area (Å²) >= 11 is 0. The predicted molar refractivity (Wildman–Crippen MR) is 511 cm³/mol. The minimum absolute atomic E-state index is 0. The van der Waals surface area contributed by atoms with Crippen LogP contribution >= 0.6 is 0 Å². The lowest BCUT2D eigenvalue weighted by molar-refractivity contribution is -0.00310. The minimum atomic E-state index is -2.20. The number of carboxylic acids is 1. The number of aromatic nitrogens is 3. The van der Waals surface area contributed by atoms with Crippen molar-refractivity contribution in [1.29, 1.82) is 0 Å². The Morgan fingerprint density at radius 3 is 1.13 bits per heavy atom. The number of aromatic carboxylic acids is 1. The van der Waals surface area contributed by atoms with Crippen molar-refractivity contribution < 1.29 is 52.5 Å². The number of benzene rings is 6. The number of nitrogens with one attached hydrogen (secondary N) is 1. The first kappa shape index (κ1) is 101. The fraction of sp³-hybridized carbons (Fsp3) is 0.462. The molecule has 2 aliphatic heterocycles. The highest BCUT2D eigenvalue weighted by molar-refractivity contribution is 6.74. The molecule has 4 amide bonds. The van der Waals surface area contributed by atoms with Crippen LogP contribution in [0.2, 0.25) is 36.3 Å². The average molecular weight is 1750 g/mol. The zero-order chi connectivity index (χ0) is 90.9. The number of amides is 4. The molecule has 126 heavy (non-hydrogen) atoms. The maximum Gasteiger partial charge on any atom is 0.410 e. The van der Waals surface area contributed by atoms with Crippen molar-refractivity contribution in [2.75, 3.05) is 19.6 Å². The molecule has 9 atom stereocenters. The van der Waals surface area contributed by atoms with E-state index in [4.69, 9.17) is 18.3 Å². The summed E-state index contributed by atoms with van der Waals surface area (Å²) in [5, 5.41) is 23.2. The third-order valence-electron chi connectivity index (χ3n) is 24.8. The van der Waals surface area contributed by atoms with Crippen molar-refractivity contribution >= 4 is 55.0 Å². The zero-order valence-corrected chi connectivity index (χ0v) is 80.3. The van der Waals surface area contributed by atoms with Gasteiger partial charge in [-0.3, -0.25) is 34.3 Å². The molecule has 0 unspecified atom stereocenters. The van der Waals surface area contributed by atoms with Gasteiger partial charge in [-0.25, -0.2) is 14.4 Å². The number of nitrogens with zero attached hydrogens (tertiary/aromatic N) is 7. The van der Waals surface area contributed by atoms with Crippen LogP contribution in [0.15, 0.2) is 237 Å². The van der Waals surface area contributed by atoms with Crippen molar-refractivity contribution in [2.45, 2.75) is 278 Å². The number of rotatable bonds is 28. The number of ether oxygens (including phenoxy) is 2. The third kappa shape index (κ3) is 29.8. The van der Waals surface area contributed by atoms with Crippen LogP contribution in [-0.4, -0.2) is 155 Å². The smallest absolute Gasteiger partial charge is 0.410 e. The summed E-state index contributed by atoms with van der Waals surface area (Å²) in [6.45, 7) is 44.2. The maximum absolute atomic E-state index is 14.0. The summed E-state index contributed by atoms with van der Waals surface area (Å²) in [7, 11) is -4.38. The van der Waals surface area contributed by atoms with E-state index in [-0.39, 0.29) is 90.5 Å². The van der Waals surface area contributed by atoms with Gasteiger partial charge < -0.3 is 43.7 Å². The SMILES string of the molecule is CC(C)(C)OC(=O)N1[C@H](Cc2ccc(C(=O)O)cc2)CC[C@@H]1[C@H](O[Si](C)(C)C(C)(C)C)c1ccccc1.CCN(Cc1cccnc1)C(=O)c1ccc(C[C@@H]2CC[C@H]([C@H](O)c3ccccc3)C2)cc1.CCN(Cc1cccnc1)C(=O)c1ccc(C[C@@H]2CC[C@H]([C@H](O[Si](C)(C)C(C)(C)C)c3ccccc3)N2C(=O)OC(C)(C)C)cc1.CCNCc1cccnc1.[B]. The molecule has 1 aliphatic carbocycles. The first-order chi connectivity index (χ1) is 59.2. The number of hydrogen-bond donors (Lipinski definition) is 3. The molecule has 3 fully saturated rings. The fourth-order valence-electron chi connectivity index (χ4n) is 16.0. The van der Waals surface area contributed by atoms with E-state index in [1.54, 1.807) is 36.9 Å². The molecular formula is C104H140BN8O11Si2. The van der Waals surface area contributed by atoms with Gasteiger partial charge >= 0.3 is 18.2 Å². The van der Waals surface area contributed by atoms with Gasteiger partial charge in [0.25, 0.3) is 11.8 Å². The van der Waals surface area contributed by atoms with Crippen LogP contribution in [0.3, 0.4) is 0 Å². The van der Waals surface area contributed by atoms with Gasteiger partial charge in [-0.15, -0.1) is 0 Å². The van der Waals surface area contributed by atoms with Gasteiger partial charge in [-0.1, -0.05) is 194 Å².